The first-order valence-corrected chi connectivity index (χ1v) is 6.10. The quantitative estimate of drug-likeness (QED) is 0.376. The van der Waals surface area contributed by atoms with Crippen LogP contribution in [0.1, 0.15) is 5.56 Å². The number of esters is 2. The first-order chi connectivity index (χ1) is 11.1. The van der Waals surface area contributed by atoms with Gasteiger partial charge < -0.3 is 14.8 Å². The topological polar surface area (TPSA) is 108 Å². The van der Waals surface area contributed by atoms with Gasteiger partial charge in [-0.15, -0.1) is 0 Å². The van der Waals surface area contributed by atoms with Gasteiger partial charge in [-0.05, 0) is 6.07 Å². The summed E-state index contributed by atoms with van der Waals surface area (Å²) in [7, 11) is 1.95. The maximum absolute atomic E-state index is 13.1. The number of hydrogen-bond donors (Lipinski definition) is 1. The Morgan fingerprint density at radius 2 is 1.88 bits per heavy atom. The van der Waals surface area contributed by atoms with Gasteiger partial charge in [0.1, 0.15) is 5.70 Å². The second kappa shape index (κ2) is 7.44. The average Bonchev–Trinajstić information content (AvgIpc) is 2.52. The Morgan fingerprint density at radius 1 is 1.25 bits per heavy atom. The van der Waals surface area contributed by atoms with Crippen LogP contribution < -0.4 is 5.32 Å². The number of anilines is 1. The van der Waals surface area contributed by atoms with E-state index in [-0.39, 0.29) is 0 Å². The molecule has 0 bridgehead atoms. The zero-order chi connectivity index (χ0) is 18.5. The molecule has 1 rings (SSSR count). The van der Waals surface area contributed by atoms with Gasteiger partial charge in [-0.2, -0.15) is 13.2 Å². The van der Waals surface area contributed by atoms with Crippen LogP contribution >= 0.6 is 0 Å². The minimum Gasteiger partial charge on any atom is -0.466 e. The van der Waals surface area contributed by atoms with Crippen LogP contribution in [0.4, 0.5) is 24.5 Å². The highest BCUT2D eigenvalue weighted by Gasteiger charge is 2.35. The number of nitro groups is 1. The fraction of sp³-hybridized carbons (Fsp3) is 0.231. The fourth-order valence-electron chi connectivity index (χ4n) is 1.57. The molecule has 0 unspecified atom stereocenters. The summed E-state index contributed by atoms with van der Waals surface area (Å²) in [6.07, 6.45) is -4.35. The molecule has 0 radical (unpaired) electrons. The zero-order valence-corrected chi connectivity index (χ0v) is 12.3. The second-order valence-electron chi connectivity index (χ2n) is 4.18. The Balaban J connectivity index is 3.38. The van der Waals surface area contributed by atoms with Gasteiger partial charge in [0.15, 0.2) is 0 Å². The lowest BCUT2D eigenvalue weighted by atomic mass is 10.1. The van der Waals surface area contributed by atoms with Crippen molar-refractivity contribution in [1.82, 2.24) is 0 Å². The molecule has 11 heteroatoms. The summed E-state index contributed by atoms with van der Waals surface area (Å²) in [6.45, 7) is 0. The van der Waals surface area contributed by atoms with Gasteiger partial charge in [0.05, 0.1) is 36.5 Å². The number of nitrogens with one attached hydrogen (secondary N) is 1. The summed E-state index contributed by atoms with van der Waals surface area (Å²) in [4.78, 5) is 32.4. The highest BCUT2D eigenvalue weighted by atomic mass is 19.4. The van der Waals surface area contributed by atoms with E-state index in [4.69, 9.17) is 0 Å². The van der Waals surface area contributed by atoms with Gasteiger partial charge in [0.2, 0.25) is 0 Å². The molecular weight excluding hydrogens is 337 g/mol. The molecule has 0 fully saturated rings. The minimum atomic E-state index is -4.94. The Morgan fingerprint density at radius 3 is 2.33 bits per heavy atom. The standard InChI is InChI=1S/C13H11F3N2O6/c1-23-11(19)6-10(12(20)24-2)17-9-4-3-7(18(21)22)5-8(9)13(14,15)16/h3-6,17H,1-2H3/b10-6+. The van der Waals surface area contributed by atoms with Crippen molar-refractivity contribution >= 4 is 23.3 Å². The molecule has 1 N–H and O–H groups in total. The van der Waals surface area contributed by atoms with Crippen LogP contribution in [0.2, 0.25) is 0 Å². The summed E-state index contributed by atoms with van der Waals surface area (Å²) in [5.41, 5.74) is -3.49. The van der Waals surface area contributed by atoms with E-state index in [1.54, 1.807) is 0 Å². The molecule has 0 saturated carbocycles. The SMILES string of the molecule is COC(=O)/C=C(/Nc1ccc([N+](=O)[O-])cc1C(F)(F)F)C(=O)OC. The molecule has 0 amide bonds. The smallest absolute Gasteiger partial charge is 0.418 e. The van der Waals surface area contributed by atoms with Crippen LogP contribution in [0.25, 0.3) is 0 Å². The lowest BCUT2D eigenvalue weighted by Crippen LogP contribution is -2.18. The highest BCUT2D eigenvalue weighted by molar-refractivity contribution is 5.98. The van der Waals surface area contributed by atoms with Crippen LogP contribution in [0.15, 0.2) is 30.0 Å². The molecule has 0 aromatic heterocycles. The summed E-state index contributed by atoms with van der Waals surface area (Å²) in [5.74, 6) is -2.15. The number of ether oxygens (including phenoxy) is 2. The normalized spacial score (nSPS) is 11.6. The maximum atomic E-state index is 13.1. The van der Waals surface area contributed by atoms with Crippen molar-refractivity contribution in [2.75, 3.05) is 19.5 Å². The van der Waals surface area contributed by atoms with E-state index in [2.05, 4.69) is 14.8 Å². The Bertz CT molecular complexity index is 699. The molecule has 130 valence electrons. The number of rotatable bonds is 5. The third-order valence-corrected chi connectivity index (χ3v) is 2.66. The Hall–Kier alpha value is -3.11. The molecule has 0 saturated heterocycles. The zero-order valence-electron chi connectivity index (χ0n) is 12.3. The Labute approximate surface area is 133 Å². The number of carbonyl (C=O) groups is 2. The number of nitrogens with zero attached hydrogens (tertiary/aromatic N) is 1. The van der Waals surface area contributed by atoms with Gasteiger partial charge >= 0.3 is 18.1 Å². The molecule has 0 aliphatic carbocycles. The van der Waals surface area contributed by atoms with E-state index in [9.17, 15) is 32.9 Å². The van der Waals surface area contributed by atoms with Crippen molar-refractivity contribution in [1.29, 1.82) is 0 Å². The minimum absolute atomic E-state index is 0.301. The van der Waals surface area contributed by atoms with E-state index < -0.39 is 45.7 Å². The number of non-ortho nitro benzene ring substituents is 1. The van der Waals surface area contributed by atoms with Crippen molar-refractivity contribution in [3.8, 4) is 0 Å². The molecule has 0 aliphatic rings. The second-order valence-corrected chi connectivity index (χ2v) is 4.18. The molecule has 1 aromatic carbocycles. The third kappa shape index (κ3) is 4.69. The predicted molar refractivity (Wildman–Crippen MR) is 73.8 cm³/mol. The lowest BCUT2D eigenvalue weighted by molar-refractivity contribution is -0.385. The predicted octanol–water partition coefficient (Wildman–Crippen LogP) is 2.26. The van der Waals surface area contributed by atoms with Crippen molar-refractivity contribution in [3.63, 3.8) is 0 Å². The Kier molecular flexibility index (Phi) is 5.87. The fourth-order valence-corrected chi connectivity index (χ4v) is 1.57. The molecule has 0 aliphatic heterocycles. The van der Waals surface area contributed by atoms with Crippen molar-refractivity contribution in [2.45, 2.75) is 6.18 Å². The molecule has 1 aromatic rings. The monoisotopic (exact) mass is 348 g/mol. The molecule has 8 nitrogen and oxygen atoms in total. The van der Waals surface area contributed by atoms with Crippen LogP contribution in [0.5, 0.6) is 0 Å². The van der Waals surface area contributed by atoms with Gasteiger partial charge in [-0.3, -0.25) is 10.1 Å². The summed E-state index contributed by atoms with van der Waals surface area (Å²) < 4.78 is 47.8. The van der Waals surface area contributed by atoms with Crippen LogP contribution in [-0.4, -0.2) is 31.1 Å². The van der Waals surface area contributed by atoms with E-state index in [1.807, 2.05) is 0 Å². The molecule has 0 spiro atoms. The number of nitro benzene ring substituents is 1. The third-order valence-electron chi connectivity index (χ3n) is 2.66. The summed E-state index contributed by atoms with van der Waals surface area (Å²) in [6, 6.07) is 1.87. The maximum Gasteiger partial charge on any atom is 0.418 e. The number of alkyl halides is 3. The van der Waals surface area contributed by atoms with Crippen molar-refractivity contribution in [3.05, 3.63) is 45.6 Å². The van der Waals surface area contributed by atoms with Crippen LogP contribution in [-0.2, 0) is 25.2 Å². The van der Waals surface area contributed by atoms with Gasteiger partial charge in [-0.1, -0.05) is 0 Å². The van der Waals surface area contributed by atoms with Crippen molar-refractivity contribution in [2.24, 2.45) is 0 Å². The average molecular weight is 348 g/mol. The van der Waals surface area contributed by atoms with E-state index in [0.717, 1.165) is 26.4 Å². The lowest BCUT2D eigenvalue weighted by Gasteiger charge is -2.15. The van der Waals surface area contributed by atoms with E-state index in [1.165, 1.54) is 0 Å². The first kappa shape index (κ1) is 18.9. The van der Waals surface area contributed by atoms with Gasteiger partial charge in [0.25, 0.3) is 5.69 Å². The largest absolute Gasteiger partial charge is 0.466 e. The van der Waals surface area contributed by atoms with Crippen molar-refractivity contribution < 1.29 is 37.2 Å². The summed E-state index contributed by atoms with van der Waals surface area (Å²) >= 11 is 0. The van der Waals surface area contributed by atoms with Crippen LogP contribution in [0.3, 0.4) is 0 Å². The number of benzene rings is 1. The number of halogens is 3. The number of hydrogen-bond acceptors (Lipinski definition) is 7. The first-order valence-electron chi connectivity index (χ1n) is 6.10. The molecule has 0 atom stereocenters. The van der Waals surface area contributed by atoms with Gasteiger partial charge in [-0.25, -0.2) is 9.59 Å². The summed E-state index contributed by atoms with van der Waals surface area (Å²) in [5, 5.41) is 12.7. The van der Waals surface area contributed by atoms with Gasteiger partial charge in [0, 0.05) is 12.1 Å². The highest BCUT2D eigenvalue weighted by Crippen LogP contribution is 2.37. The molecule has 24 heavy (non-hydrogen) atoms. The van der Waals surface area contributed by atoms with Crippen LogP contribution in [0, 0.1) is 10.1 Å². The molecular formula is C13H11F3N2O6. The van der Waals surface area contributed by atoms with E-state index in [0.29, 0.717) is 12.1 Å². The number of methoxy groups -OCH3 is 2. The van der Waals surface area contributed by atoms with E-state index >= 15 is 0 Å². The number of carbonyl (C=O) groups excluding carboxylic acids is 2. The molecule has 0 heterocycles.